The second-order valence-corrected chi connectivity index (χ2v) is 6.49. The van der Waals surface area contributed by atoms with Gasteiger partial charge in [0.05, 0.1) is 5.69 Å². The third-order valence-electron chi connectivity index (χ3n) is 3.71. The van der Waals surface area contributed by atoms with Gasteiger partial charge in [-0.25, -0.2) is 4.79 Å². The van der Waals surface area contributed by atoms with Gasteiger partial charge in [0.25, 0.3) is 0 Å². The standard InChI is InChI=1S/C21H16BrNO3/c22-17-11-12-19(18(13-17)20(24)16-9-5-2-6-10-16)23-21(25)26-14-15-7-3-1-4-8-15/h1-13H,14H2,(H,23,25). The number of hydrogen-bond donors (Lipinski definition) is 1. The van der Waals surface area contributed by atoms with Gasteiger partial charge >= 0.3 is 6.09 Å². The minimum Gasteiger partial charge on any atom is -0.444 e. The summed E-state index contributed by atoms with van der Waals surface area (Å²) in [5.41, 5.74) is 2.23. The average Bonchev–Trinajstić information content (AvgIpc) is 2.69. The minimum absolute atomic E-state index is 0.158. The number of carbonyl (C=O) groups is 2. The summed E-state index contributed by atoms with van der Waals surface area (Å²) in [4.78, 5) is 24.9. The summed E-state index contributed by atoms with van der Waals surface area (Å²) < 4.78 is 5.98. The number of hydrogen-bond acceptors (Lipinski definition) is 3. The molecule has 0 fully saturated rings. The molecule has 1 N–H and O–H groups in total. The molecule has 0 aliphatic heterocycles. The highest BCUT2D eigenvalue weighted by Gasteiger charge is 2.16. The lowest BCUT2D eigenvalue weighted by molar-refractivity contribution is 0.103. The number of anilines is 1. The van der Waals surface area contributed by atoms with Crippen molar-refractivity contribution >= 4 is 33.5 Å². The fourth-order valence-electron chi connectivity index (χ4n) is 2.43. The van der Waals surface area contributed by atoms with Crippen LogP contribution in [-0.4, -0.2) is 11.9 Å². The molecular weight excluding hydrogens is 394 g/mol. The Balaban J connectivity index is 1.75. The van der Waals surface area contributed by atoms with Crippen molar-refractivity contribution in [3.8, 4) is 0 Å². The highest BCUT2D eigenvalue weighted by Crippen LogP contribution is 2.24. The van der Waals surface area contributed by atoms with Crippen molar-refractivity contribution in [1.29, 1.82) is 0 Å². The second kappa shape index (κ2) is 8.45. The van der Waals surface area contributed by atoms with Crippen LogP contribution in [0.25, 0.3) is 0 Å². The number of benzene rings is 3. The number of halogens is 1. The molecule has 0 unspecified atom stereocenters. The van der Waals surface area contributed by atoms with Crippen LogP contribution >= 0.6 is 15.9 Å². The van der Waals surface area contributed by atoms with Crippen LogP contribution < -0.4 is 5.32 Å². The Labute approximate surface area is 159 Å². The van der Waals surface area contributed by atoms with Crippen molar-refractivity contribution in [3.05, 3.63) is 100 Å². The molecule has 3 aromatic carbocycles. The molecule has 1 amide bonds. The zero-order chi connectivity index (χ0) is 18.4. The lowest BCUT2D eigenvalue weighted by atomic mass is 10.0. The predicted octanol–water partition coefficient (Wildman–Crippen LogP) is 5.43. The topological polar surface area (TPSA) is 55.4 Å². The van der Waals surface area contributed by atoms with Crippen molar-refractivity contribution in [2.24, 2.45) is 0 Å². The monoisotopic (exact) mass is 409 g/mol. The van der Waals surface area contributed by atoms with Crippen molar-refractivity contribution in [2.75, 3.05) is 5.32 Å². The van der Waals surface area contributed by atoms with Crippen molar-refractivity contribution < 1.29 is 14.3 Å². The largest absolute Gasteiger partial charge is 0.444 e. The quantitative estimate of drug-likeness (QED) is 0.571. The van der Waals surface area contributed by atoms with E-state index in [1.54, 1.807) is 42.5 Å². The Morgan fingerprint density at radius 3 is 2.23 bits per heavy atom. The third kappa shape index (κ3) is 4.58. The fourth-order valence-corrected chi connectivity index (χ4v) is 2.79. The smallest absolute Gasteiger partial charge is 0.411 e. The van der Waals surface area contributed by atoms with Gasteiger partial charge in [-0.1, -0.05) is 76.6 Å². The van der Waals surface area contributed by atoms with Gasteiger partial charge in [-0.3, -0.25) is 10.1 Å². The number of amides is 1. The maximum Gasteiger partial charge on any atom is 0.411 e. The second-order valence-electron chi connectivity index (χ2n) is 5.57. The third-order valence-corrected chi connectivity index (χ3v) is 4.20. The zero-order valence-corrected chi connectivity index (χ0v) is 15.4. The van der Waals surface area contributed by atoms with E-state index in [1.807, 2.05) is 36.4 Å². The highest BCUT2D eigenvalue weighted by atomic mass is 79.9. The molecule has 0 heterocycles. The zero-order valence-electron chi connectivity index (χ0n) is 13.8. The lowest BCUT2D eigenvalue weighted by Gasteiger charge is -2.12. The summed E-state index contributed by atoms with van der Waals surface area (Å²) in [5, 5.41) is 2.66. The lowest BCUT2D eigenvalue weighted by Crippen LogP contribution is -2.16. The number of ether oxygens (including phenoxy) is 1. The molecule has 0 atom stereocenters. The first-order valence-electron chi connectivity index (χ1n) is 8.00. The molecule has 0 aliphatic rings. The fraction of sp³-hybridized carbons (Fsp3) is 0.0476. The summed E-state index contributed by atoms with van der Waals surface area (Å²) in [6.07, 6.45) is -0.613. The molecule has 0 radical (unpaired) electrons. The van der Waals surface area contributed by atoms with Gasteiger partial charge in [-0.15, -0.1) is 0 Å². The van der Waals surface area contributed by atoms with Crippen LogP contribution in [0.4, 0.5) is 10.5 Å². The van der Waals surface area contributed by atoms with Gasteiger partial charge < -0.3 is 4.74 Å². The van der Waals surface area contributed by atoms with Gasteiger partial charge in [0.15, 0.2) is 5.78 Å². The van der Waals surface area contributed by atoms with Crippen LogP contribution in [0.2, 0.25) is 0 Å². The van der Waals surface area contributed by atoms with Gasteiger partial charge in [-0.2, -0.15) is 0 Å². The van der Waals surface area contributed by atoms with Crippen LogP contribution in [0.15, 0.2) is 83.3 Å². The Morgan fingerprint density at radius 1 is 0.885 bits per heavy atom. The van der Waals surface area contributed by atoms with Crippen LogP contribution in [0, 0.1) is 0 Å². The Bertz CT molecular complexity index is 911. The van der Waals surface area contributed by atoms with E-state index in [-0.39, 0.29) is 12.4 Å². The number of nitrogens with one attached hydrogen (secondary N) is 1. The normalized spacial score (nSPS) is 10.2. The minimum atomic E-state index is -0.613. The Kier molecular flexibility index (Phi) is 5.81. The number of rotatable bonds is 5. The van der Waals surface area contributed by atoms with Gasteiger partial charge in [-0.05, 0) is 23.8 Å². The molecular formula is C21H16BrNO3. The summed E-state index contributed by atoms with van der Waals surface area (Å²) >= 11 is 3.37. The van der Waals surface area contributed by atoms with Gasteiger partial charge in [0.2, 0.25) is 0 Å². The van der Waals surface area contributed by atoms with E-state index in [0.717, 1.165) is 10.0 Å². The summed E-state index contributed by atoms with van der Waals surface area (Å²) in [6, 6.07) is 23.4. The molecule has 4 nitrogen and oxygen atoms in total. The van der Waals surface area contributed by atoms with E-state index in [2.05, 4.69) is 21.2 Å². The molecule has 26 heavy (non-hydrogen) atoms. The average molecular weight is 410 g/mol. The van der Waals surface area contributed by atoms with E-state index < -0.39 is 6.09 Å². The molecule has 0 saturated carbocycles. The van der Waals surface area contributed by atoms with Crippen molar-refractivity contribution in [3.63, 3.8) is 0 Å². The molecule has 5 heteroatoms. The van der Waals surface area contributed by atoms with Crippen LogP contribution in [0.5, 0.6) is 0 Å². The molecule has 3 aromatic rings. The SMILES string of the molecule is O=C(Nc1ccc(Br)cc1C(=O)c1ccccc1)OCc1ccccc1. The van der Waals surface area contributed by atoms with E-state index in [9.17, 15) is 9.59 Å². The Hall–Kier alpha value is -2.92. The van der Waals surface area contributed by atoms with Crippen LogP contribution in [0.1, 0.15) is 21.5 Å². The summed E-state index contributed by atoms with van der Waals surface area (Å²) in [7, 11) is 0. The first-order valence-corrected chi connectivity index (χ1v) is 8.80. The first kappa shape index (κ1) is 17.9. The van der Waals surface area contributed by atoms with Crippen molar-refractivity contribution in [1.82, 2.24) is 0 Å². The molecule has 0 aliphatic carbocycles. The first-order chi connectivity index (χ1) is 12.6. The van der Waals surface area contributed by atoms with E-state index in [0.29, 0.717) is 16.8 Å². The van der Waals surface area contributed by atoms with Crippen LogP contribution in [-0.2, 0) is 11.3 Å². The van der Waals surface area contributed by atoms with Gasteiger partial charge in [0, 0.05) is 15.6 Å². The molecule has 0 aromatic heterocycles. The predicted molar refractivity (Wildman–Crippen MR) is 104 cm³/mol. The van der Waals surface area contributed by atoms with Crippen molar-refractivity contribution in [2.45, 2.75) is 6.61 Å². The summed E-state index contributed by atoms with van der Waals surface area (Å²) in [6.45, 7) is 0.158. The molecule has 0 spiro atoms. The van der Waals surface area contributed by atoms with E-state index in [1.165, 1.54) is 0 Å². The highest BCUT2D eigenvalue weighted by molar-refractivity contribution is 9.10. The van der Waals surface area contributed by atoms with E-state index >= 15 is 0 Å². The van der Waals surface area contributed by atoms with Gasteiger partial charge in [0.1, 0.15) is 6.61 Å². The molecule has 0 saturated heterocycles. The maximum absolute atomic E-state index is 12.8. The Morgan fingerprint density at radius 2 is 1.54 bits per heavy atom. The van der Waals surface area contributed by atoms with E-state index in [4.69, 9.17) is 4.74 Å². The number of carbonyl (C=O) groups excluding carboxylic acids is 2. The maximum atomic E-state index is 12.8. The summed E-state index contributed by atoms with van der Waals surface area (Å²) in [5.74, 6) is -0.176. The molecule has 0 bridgehead atoms. The number of ketones is 1. The van der Waals surface area contributed by atoms with Crippen LogP contribution in [0.3, 0.4) is 0 Å². The molecule has 3 rings (SSSR count). The molecule has 130 valence electrons.